The Morgan fingerprint density at radius 1 is 1.21 bits per heavy atom. The van der Waals surface area contributed by atoms with Crippen molar-refractivity contribution in [1.29, 1.82) is 0 Å². The second kappa shape index (κ2) is 5.93. The molecule has 5 nitrogen and oxygen atoms in total. The van der Waals surface area contributed by atoms with E-state index in [-0.39, 0.29) is 0 Å². The minimum absolute atomic E-state index is 0.689. The molecule has 0 unspecified atom stereocenters. The zero-order valence-corrected chi connectivity index (χ0v) is 11.0. The van der Waals surface area contributed by atoms with Crippen molar-refractivity contribution in [2.45, 2.75) is 44.8 Å². The molecule has 2 aromatic rings. The summed E-state index contributed by atoms with van der Waals surface area (Å²) in [6.07, 6.45) is 4.70. The molecular formula is C14H19N5. The Hall–Kier alpha value is -1.75. The highest BCUT2D eigenvalue weighted by molar-refractivity contribution is 5.14. The van der Waals surface area contributed by atoms with Gasteiger partial charge in [-0.15, -0.1) is 5.10 Å². The van der Waals surface area contributed by atoms with Crippen molar-refractivity contribution >= 4 is 0 Å². The Bertz CT molecular complexity index is 504. The van der Waals surface area contributed by atoms with Gasteiger partial charge in [-0.3, -0.25) is 0 Å². The minimum atomic E-state index is 0.689. The van der Waals surface area contributed by atoms with Gasteiger partial charge in [-0.2, -0.15) is 0 Å². The summed E-state index contributed by atoms with van der Waals surface area (Å²) in [6.45, 7) is 1.66. The van der Waals surface area contributed by atoms with Crippen LogP contribution in [0.5, 0.6) is 0 Å². The first kappa shape index (κ1) is 12.3. The van der Waals surface area contributed by atoms with Gasteiger partial charge in [-0.25, -0.2) is 4.68 Å². The Morgan fingerprint density at radius 3 is 2.84 bits per heavy atom. The van der Waals surface area contributed by atoms with E-state index in [0.717, 1.165) is 31.8 Å². The van der Waals surface area contributed by atoms with E-state index in [1.54, 1.807) is 0 Å². The minimum Gasteiger partial charge on any atom is -0.307 e. The molecular weight excluding hydrogens is 238 g/mol. The van der Waals surface area contributed by atoms with E-state index < -0.39 is 0 Å². The standard InChI is InChI=1S/C14H19N5/c1-2-5-12(6-3-1)7-4-10-19-14(16-17-18-19)11-15-13-8-9-13/h1-3,5-6,13,15H,4,7-11H2. The third-order valence-electron chi connectivity index (χ3n) is 3.41. The fourth-order valence-electron chi connectivity index (χ4n) is 2.12. The summed E-state index contributed by atoms with van der Waals surface area (Å²) in [6, 6.07) is 11.2. The zero-order chi connectivity index (χ0) is 12.9. The van der Waals surface area contributed by atoms with E-state index >= 15 is 0 Å². The van der Waals surface area contributed by atoms with Gasteiger partial charge in [0, 0.05) is 12.6 Å². The lowest BCUT2D eigenvalue weighted by Crippen LogP contribution is -2.19. The summed E-state index contributed by atoms with van der Waals surface area (Å²) in [4.78, 5) is 0. The molecule has 1 heterocycles. The summed E-state index contributed by atoms with van der Waals surface area (Å²) in [5.74, 6) is 0.944. The van der Waals surface area contributed by atoms with Crippen LogP contribution in [0, 0.1) is 0 Å². The quantitative estimate of drug-likeness (QED) is 0.818. The van der Waals surface area contributed by atoms with Gasteiger partial charge in [0.15, 0.2) is 5.82 Å². The molecule has 0 aliphatic heterocycles. The monoisotopic (exact) mass is 257 g/mol. The van der Waals surface area contributed by atoms with Crippen molar-refractivity contribution in [3.05, 3.63) is 41.7 Å². The number of benzene rings is 1. The lowest BCUT2D eigenvalue weighted by atomic mass is 10.1. The molecule has 19 heavy (non-hydrogen) atoms. The fourth-order valence-corrected chi connectivity index (χ4v) is 2.12. The van der Waals surface area contributed by atoms with Crippen LogP contribution in [0.2, 0.25) is 0 Å². The maximum Gasteiger partial charge on any atom is 0.165 e. The molecule has 0 bridgehead atoms. The lowest BCUT2D eigenvalue weighted by Gasteiger charge is -2.05. The number of nitrogens with one attached hydrogen (secondary N) is 1. The van der Waals surface area contributed by atoms with Crippen molar-refractivity contribution in [3.63, 3.8) is 0 Å². The molecule has 1 aliphatic carbocycles. The van der Waals surface area contributed by atoms with Gasteiger partial charge in [0.2, 0.25) is 0 Å². The van der Waals surface area contributed by atoms with Crippen molar-refractivity contribution in [2.75, 3.05) is 0 Å². The molecule has 1 aromatic heterocycles. The lowest BCUT2D eigenvalue weighted by molar-refractivity contribution is 0.520. The number of aromatic nitrogens is 4. The normalized spacial score (nSPS) is 14.7. The first-order valence-electron chi connectivity index (χ1n) is 6.94. The zero-order valence-electron chi connectivity index (χ0n) is 11.0. The molecule has 1 aromatic carbocycles. The van der Waals surface area contributed by atoms with Gasteiger partial charge in [-0.05, 0) is 41.7 Å². The highest BCUT2D eigenvalue weighted by atomic mass is 15.5. The number of nitrogens with zero attached hydrogens (tertiary/aromatic N) is 4. The number of hydrogen-bond acceptors (Lipinski definition) is 4. The molecule has 1 saturated carbocycles. The molecule has 0 amide bonds. The van der Waals surface area contributed by atoms with Gasteiger partial charge >= 0.3 is 0 Å². The number of aryl methyl sites for hydroxylation is 2. The predicted molar refractivity (Wildman–Crippen MR) is 72.4 cm³/mol. The van der Waals surface area contributed by atoms with E-state index in [4.69, 9.17) is 0 Å². The smallest absolute Gasteiger partial charge is 0.165 e. The van der Waals surface area contributed by atoms with Gasteiger partial charge in [0.25, 0.3) is 0 Å². The van der Waals surface area contributed by atoms with Crippen LogP contribution in [-0.2, 0) is 19.5 Å². The van der Waals surface area contributed by atoms with Crippen LogP contribution in [0.25, 0.3) is 0 Å². The Morgan fingerprint density at radius 2 is 2.05 bits per heavy atom. The molecule has 1 fully saturated rings. The molecule has 0 spiro atoms. The van der Waals surface area contributed by atoms with Crippen molar-refractivity contribution in [3.8, 4) is 0 Å². The van der Waals surface area contributed by atoms with Gasteiger partial charge in [0.1, 0.15) is 0 Å². The summed E-state index contributed by atoms with van der Waals surface area (Å²) >= 11 is 0. The first-order valence-corrected chi connectivity index (χ1v) is 6.94. The average molecular weight is 257 g/mol. The summed E-state index contributed by atoms with van der Waals surface area (Å²) in [7, 11) is 0. The number of tetrazole rings is 1. The van der Waals surface area contributed by atoms with Crippen molar-refractivity contribution < 1.29 is 0 Å². The highest BCUT2D eigenvalue weighted by Crippen LogP contribution is 2.18. The van der Waals surface area contributed by atoms with Gasteiger partial charge in [0.05, 0.1) is 6.54 Å². The largest absolute Gasteiger partial charge is 0.307 e. The molecule has 0 atom stereocenters. The van der Waals surface area contributed by atoms with Crippen LogP contribution < -0.4 is 5.32 Å². The van der Waals surface area contributed by atoms with Crippen LogP contribution in [-0.4, -0.2) is 26.2 Å². The van der Waals surface area contributed by atoms with Crippen LogP contribution in [0.3, 0.4) is 0 Å². The van der Waals surface area contributed by atoms with Gasteiger partial charge < -0.3 is 5.32 Å². The SMILES string of the molecule is c1ccc(CCCn2nnnc2CNC2CC2)cc1. The molecule has 3 rings (SSSR count). The Labute approximate surface area is 113 Å². The Kier molecular flexibility index (Phi) is 3.83. The van der Waals surface area contributed by atoms with Crippen molar-refractivity contribution in [2.24, 2.45) is 0 Å². The third kappa shape index (κ3) is 3.61. The fraction of sp³-hybridized carbons (Fsp3) is 0.500. The summed E-state index contributed by atoms with van der Waals surface area (Å²) in [5, 5.41) is 15.4. The first-order chi connectivity index (χ1) is 9.42. The van der Waals surface area contributed by atoms with Crippen LogP contribution in [0.4, 0.5) is 0 Å². The van der Waals surface area contributed by atoms with E-state index in [1.165, 1.54) is 18.4 Å². The van der Waals surface area contributed by atoms with Crippen LogP contribution in [0.15, 0.2) is 30.3 Å². The molecule has 0 radical (unpaired) electrons. The van der Waals surface area contributed by atoms with Crippen LogP contribution in [0.1, 0.15) is 30.7 Å². The maximum atomic E-state index is 4.08. The van der Waals surface area contributed by atoms with E-state index in [1.807, 2.05) is 10.7 Å². The summed E-state index contributed by atoms with van der Waals surface area (Å²) in [5.41, 5.74) is 1.37. The number of rotatable bonds is 7. The summed E-state index contributed by atoms with van der Waals surface area (Å²) < 4.78 is 1.92. The Balaban J connectivity index is 1.47. The highest BCUT2D eigenvalue weighted by Gasteiger charge is 2.21. The van der Waals surface area contributed by atoms with E-state index in [0.29, 0.717) is 6.04 Å². The maximum absolute atomic E-state index is 4.08. The second-order valence-electron chi connectivity index (χ2n) is 5.06. The van der Waals surface area contributed by atoms with E-state index in [9.17, 15) is 0 Å². The molecule has 0 saturated heterocycles. The topological polar surface area (TPSA) is 55.6 Å². The molecule has 1 aliphatic rings. The average Bonchev–Trinajstić information content (AvgIpc) is 3.17. The van der Waals surface area contributed by atoms with Gasteiger partial charge in [-0.1, -0.05) is 30.3 Å². The second-order valence-corrected chi connectivity index (χ2v) is 5.06. The van der Waals surface area contributed by atoms with Crippen molar-refractivity contribution in [1.82, 2.24) is 25.5 Å². The predicted octanol–water partition coefficient (Wildman–Crippen LogP) is 1.56. The number of hydrogen-bond donors (Lipinski definition) is 1. The van der Waals surface area contributed by atoms with Crippen LogP contribution >= 0.6 is 0 Å². The molecule has 1 N–H and O–H groups in total. The molecule has 5 heteroatoms. The third-order valence-corrected chi connectivity index (χ3v) is 3.41. The van der Waals surface area contributed by atoms with E-state index in [2.05, 4.69) is 45.1 Å². The molecule has 100 valence electrons.